The van der Waals surface area contributed by atoms with Crippen LogP contribution in [0.5, 0.6) is 0 Å². The Morgan fingerprint density at radius 1 is 1.00 bits per heavy atom. The minimum absolute atomic E-state index is 0.131. The van der Waals surface area contributed by atoms with Crippen molar-refractivity contribution in [1.82, 2.24) is 15.1 Å². The highest BCUT2D eigenvalue weighted by Gasteiger charge is 2.16. The Labute approximate surface area is 203 Å². The maximum atomic E-state index is 12.8. The van der Waals surface area contributed by atoms with Gasteiger partial charge in [-0.2, -0.15) is 5.10 Å². The largest absolute Gasteiger partial charge is 0.352 e. The quantitative estimate of drug-likeness (QED) is 0.379. The van der Waals surface area contributed by atoms with Crippen LogP contribution in [0.4, 0.5) is 5.69 Å². The van der Waals surface area contributed by atoms with Crippen molar-refractivity contribution in [3.8, 4) is 16.9 Å². The number of sulfonamides is 1. The lowest BCUT2D eigenvalue weighted by Gasteiger charge is -2.08. The Morgan fingerprint density at radius 3 is 2.44 bits per heavy atom. The summed E-state index contributed by atoms with van der Waals surface area (Å²) < 4.78 is 27.1. The predicted octanol–water partition coefficient (Wildman–Crippen LogP) is 4.42. The van der Waals surface area contributed by atoms with E-state index in [-0.39, 0.29) is 18.9 Å². The van der Waals surface area contributed by atoms with E-state index in [4.69, 9.17) is 16.7 Å². The molecule has 9 heteroatoms. The lowest BCUT2D eigenvalue weighted by molar-refractivity contribution is -0.120. The van der Waals surface area contributed by atoms with Gasteiger partial charge < -0.3 is 5.32 Å². The first kappa shape index (κ1) is 23.5. The summed E-state index contributed by atoms with van der Waals surface area (Å²) >= 11 is 6.04. The molecule has 174 valence electrons. The fourth-order valence-electron chi connectivity index (χ4n) is 3.50. The molecule has 4 aromatic rings. The highest BCUT2D eigenvalue weighted by molar-refractivity contribution is 7.92. The molecule has 0 fully saturated rings. The van der Waals surface area contributed by atoms with E-state index >= 15 is 0 Å². The number of halogens is 1. The van der Waals surface area contributed by atoms with Crippen molar-refractivity contribution in [3.05, 3.63) is 101 Å². The summed E-state index contributed by atoms with van der Waals surface area (Å²) in [5.74, 6) is -0.177. The molecule has 7 nitrogen and oxygen atoms in total. The number of aromatic nitrogens is 2. The van der Waals surface area contributed by atoms with E-state index in [1.807, 2.05) is 54.7 Å². The molecule has 0 aliphatic carbocycles. The van der Waals surface area contributed by atoms with Gasteiger partial charge in [-0.15, -0.1) is 0 Å². The van der Waals surface area contributed by atoms with Crippen molar-refractivity contribution in [1.29, 1.82) is 0 Å². The van der Waals surface area contributed by atoms with Crippen LogP contribution in [0.2, 0.25) is 5.02 Å². The van der Waals surface area contributed by atoms with Gasteiger partial charge in [-0.05, 0) is 42.0 Å². The van der Waals surface area contributed by atoms with Crippen molar-refractivity contribution in [2.24, 2.45) is 0 Å². The fraction of sp³-hybridized carbons (Fsp3) is 0.120. The second kappa shape index (κ2) is 10.1. The van der Waals surface area contributed by atoms with Crippen molar-refractivity contribution >= 4 is 33.2 Å². The summed E-state index contributed by atoms with van der Waals surface area (Å²) in [6.45, 7) is 0.265. The minimum atomic E-state index is -3.38. The average Bonchev–Trinajstić information content (AvgIpc) is 3.21. The Bertz CT molecular complexity index is 1400. The van der Waals surface area contributed by atoms with Gasteiger partial charge in [0, 0.05) is 34.6 Å². The molecular weight excluding hydrogens is 472 g/mol. The van der Waals surface area contributed by atoms with Gasteiger partial charge in [0.05, 0.1) is 24.1 Å². The lowest BCUT2D eigenvalue weighted by Crippen LogP contribution is -2.24. The smallest absolute Gasteiger partial charge is 0.229 e. The summed E-state index contributed by atoms with van der Waals surface area (Å²) in [5.41, 5.74) is 4.45. The zero-order valence-corrected chi connectivity index (χ0v) is 20.0. The standard InChI is InChI=1S/C25H23ClN4O3S/c1-34(32,33)29-22-7-5-6-18(14-22)16-27-24(31)15-20-17-30(23-8-3-2-4-9-23)28-25(20)19-10-12-21(26)13-11-19/h2-14,17,29H,15-16H2,1H3,(H,27,31). The van der Waals surface area contributed by atoms with Gasteiger partial charge in [0.25, 0.3) is 0 Å². The fourth-order valence-corrected chi connectivity index (χ4v) is 4.18. The van der Waals surface area contributed by atoms with Crippen LogP contribution in [-0.2, 0) is 27.8 Å². The van der Waals surface area contributed by atoms with Crippen LogP contribution in [0.3, 0.4) is 0 Å². The van der Waals surface area contributed by atoms with Gasteiger partial charge in [-0.3, -0.25) is 9.52 Å². The van der Waals surface area contributed by atoms with Gasteiger partial charge in [0.2, 0.25) is 15.9 Å². The van der Waals surface area contributed by atoms with Gasteiger partial charge >= 0.3 is 0 Å². The number of para-hydroxylation sites is 1. The third-order valence-corrected chi connectivity index (χ3v) is 5.86. The summed E-state index contributed by atoms with van der Waals surface area (Å²) in [6, 6.07) is 23.9. The number of benzene rings is 3. The van der Waals surface area contributed by atoms with Crippen LogP contribution in [0, 0.1) is 0 Å². The minimum Gasteiger partial charge on any atom is -0.352 e. The average molecular weight is 495 g/mol. The van der Waals surface area contributed by atoms with E-state index in [1.165, 1.54) is 0 Å². The normalized spacial score (nSPS) is 11.2. The Kier molecular flexibility index (Phi) is 7.00. The monoisotopic (exact) mass is 494 g/mol. The third kappa shape index (κ3) is 6.24. The molecule has 0 saturated carbocycles. The van der Waals surface area contributed by atoms with E-state index in [2.05, 4.69) is 10.0 Å². The number of hydrogen-bond acceptors (Lipinski definition) is 4. The van der Waals surface area contributed by atoms with E-state index in [0.29, 0.717) is 16.4 Å². The number of amides is 1. The summed E-state index contributed by atoms with van der Waals surface area (Å²) in [4.78, 5) is 12.8. The van der Waals surface area contributed by atoms with Crippen LogP contribution in [0.1, 0.15) is 11.1 Å². The lowest BCUT2D eigenvalue weighted by atomic mass is 10.1. The Hall–Kier alpha value is -3.62. The summed E-state index contributed by atoms with van der Waals surface area (Å²) in [5, 5.41) is 8.25. The zero-order chi connectivity index (χ0) is 24.1. The van der Waals surface area contributed by atoms with Gasteiger partial charge in [0.1, 0.15) is 0 Å². The number of nitrogens with one attached hydrogen (secondary N) is 2. The highest BCUT2D eigenvalue weighted by atomic mass is 35.5. The maximum absolute atomic E-state index is 12.8. The molecule has 0 aliphatic heterocycles. The molecule has 3 aromatic carbocycles. The molecule has 0 unspecified atom stereocenters. The number of carbonyl (C=O) groups excluding carboxylic acids is 1. The molecule has 0 radical (unpaired) electrons. The van der Waals surface area contributed by atoms with Crippen LogP contribution >= 0.6 is 11.6 Å². The number of carbonyl (C=O) groups is 1. The summed E-state index contributed by atoms with van der Waals surface area (Å²) in [6.07, 6.45) is 3.08. The van der Waals surface area contributed by atoms with Crippen LogP contribution in [0.25, 0.3) is 16.9 Å². The molecule has 2 N–H and O–H groups in total. The van der Waals surface area contributed by atoms with Crippen LogP contribution < -0.4 is 10.0 Å². The van der Waals surface area contributed by atoms with Crippen molar-refractivity contribution in [3.63, 3.8) is 0 Å². The number of hydrogen-bond donors (Lipinski definition) is 2. The van der Waals surface area contributed by atoms with Crippen LogP contribution in [0.15, 0.2) is 85.1 Å². The Morgan fingerprint density at radius 2 is 1.74 bits per heavy atom. The molecule has 1 heterocycles. The molecule has 0 spiro atoms. The first-order valence-electron chi connectivity index (χ1n) is 10.5. The number of rotatable bonds is 8. The number of anilines is 1. The van der Waals surface area contributed by atoms with Gasteiger partial charge in [-0.1, -0.05) is 54.1 Å². The van der Waals surface area contributed by atoms with E-state index < -0.39 is 10.0 Å². The first-order valence-corrected chi connectivity index (χ1v) is 12.8. The SMILES string of the molecule is CS(=O)(=O)Nc1cccc(CNC(=O)Cc2cn(-c3ccccc3)nc2-c2ccc(Cl)cc2)c1. The molecule has 34 heavy (non-hydrogen) atoms. The topological polar surface area (TPSA) is 93.1 Å². The predicted molar refractivity (Wildman–Crippen MR) is 134 cm³/mol. The highest BCUT2D eigenvalue weighted by Crippen LogP contribution is 2.26. The van der Waals surface area contributed by atoms with Gasteiger partial charge in [-0.25, -0.2) is 13.1 Å². The molecule has 0 saturated heterocycles. The molecule has 0 bridgehead atoms. The summed E-state index contributed by atoms with van der Waals surface area (Å²) in [7, 11) is -3.38. The number of nitrogens with zero attached hydrogens (tertiary/aromatic N) is 2. The molecule has 0 atom stereocenters. The van der Waals surface area contributed by atoms with E-state index in [1.54, 1.807) is 35.0 Å². The molecular formula is C25H23ClN4O3S. The third-order valence-electron chi connectivity index (χ3n) is 5.00. The maximum Gasteiger partial charge on any atom is 0.229 e. The van der Waals surface area contributed by atoms with E-state index in [0.717, 1.165) is 28.6 Å². The first-order chi connectivity index (χ1) is 16.3. The Balaban J connectivity index is 1.52. The zero-order valence-electron chi connectivity index (χ0n) is 18.4. The second-order valence-electron chi connectivity index (χ2n) is 7.82. The van der Waals surface area contributed by atoms with Crippen molar-refractivity contribution in [2.45, 2.75) is 13.0 Å². The van der Waals surface area contributed by atoms with Gasteiger partial charge in [0.15, 0.2) is 0 Å². The molecule has 1 aromatic heterocycles. The molecule has 0 aliphatic rings. The second-order valence-corrected chi connectivity index (χ2v) is 10.0. The van der Waals surface area contributed by atoms with Crippen LogP contribution in [-0.4, -0.2) is 30.4 Å². The molecule has 1 amide bonds. The molecule has 4 rings (SSSR count). The van der Waals surface area contributed by atoms with Crippen molar-refractivity contribution in [2.75, 3.05) is 11.0 Å². The van der Waals surface area contributed by atoms with Crippen molar-refractivity contribution < 1.29 is 13.2 Å². The van der Waals surface area contributed by atoms with E-state index in [9.17, 15) is 13.2 Å².